The number of halogens is 1. The molecule has 2 bridgehead atoms. The van der Waals surface area contributed by atoms with E-state index in [1.807, 2.05) is 11.0 Å². The number of aromatic nitrogens is 2. The summed E-state index contributed by atoms with van der Waals surface area (Å²) in [7, 11) is 0. The summed E-state index contributed by atoms with van der Waals surface area (Å²) >= 11 is 0. The van der Waals surface area contributed by atoms with Crippen LogP contribution in [-0.2, 0) is 15.1 Å². The smallest absolute Gasteiger partial charge is 0.248 e. The highest BCUT2D eigenvalue weighted by Crippen LogP contribution is 2.44. The number of ether oxygens (including phenoxy) is 1. The van der Waals surface area contributed by atoms with Crippen LogP contribution in [-0.4, -0.2) is 52.6 Å². The molecule has 0 aromatic carbocycles. The van der Waals surface area contributed by atoms with Crippen LogP contribution in [0.4, 0.5) is 10.2 Å². The Hall–Kier alpha value is -3.05. The first kappa shape index (κ1) is 19.9. The van der Waals surface area contributed by atoms with Crippen LogP contribution in [0.5, 0.6) is 0 Å². The second-order valence-corrected chi connectivity index (χ2v) is 8.60. The Morgan fingerprint density at radius 3 is 2.58 bits per heavy atom. The molecule has 8 heteroatoms. The number of amides is 1. The van der Waals surface area contributed by atoms with E-state index in [0.717, 1.165) is 37.9 Å². The van der Waals surface area contributed by atoms with E-state index < -0.39 is 5.60 Å². The number of fused-ring (bicyclic) bond motifs is 2. The Balaban J connectivity index is 1.23. The maximum atomic E-state index is 13.7. The lowest BCUT2D eigenvalue weighted by Crippen LogP contribution is -2.56. The second-order valence-electron chi connectivity index (χ2n) is 8.60. The molecule has 2 atom stereocenters. The average molecular weight is 421 g/mol. The molecule has 3 fully saturated rings. The Bertz CT molecular complexity index is 1000. The third-order valence-corrected chi connectivity index (χ3v) is 6.80. The molecule has 1 aliphatic carbocycles. The van der Waals surface area contributed by atoms with Gasteiger partial charge < -0.3 is 14.5 Å². The van der Waals surface area contributed by atoms with Gasteiger partial charge in [0, 0.05) is 37.6 Å². The first-order chi connectivity index (χ1) is 15.1. The SMILES string of the molecule is N#Cc1ccc(N2C3CC[C@H]2CN(C(=O)COC2(c4cc(F)ccn4)CCC2)C3)nc1. The van der Waals surface area contributed by atoms with Gasteiger partial charge in [0.15, 0.2) is 0 Å². The van der Waals surface area contributed by atoms with Gasteiger partial charge in [-0.1, -0.05) is 0 Å². The molecule has 31 heavy (non-hydrogen) atoms. The van der Waals surface area contributed by atoms with Crippen molar-refractivity contribution in [2.75, 3.05) is 24.6 Å². The maximum Gasteiger partial charge on any atom is 0.248 e. The molecule has 7 nitrogen and oxygen atoms in total. The summed E-state index contributed by atoms with van der Waals surface area (Å²) in [6, 6.07) is 8.92. The van der Waals surface area contributed by atoms with Crippen LogP contribution in [0.25, 0.3) is 0 Å². The molecule has 4 heterocycles. The molecule has 0 radical (unpaired) electrons. The number of hydrogen-bond donors (Lipinski definition) is 0. The van der Waals surface area contributed by atoms with Crippen LogP contribution in [0.1, 0.15) is 43.4 Å². The zero-order valence-electron chi connectivity index (χ0n) is 17.2. The first-order valence-electron chi connectivity index (χ1n) is 10.8. The van der Waals surface area contributed by atoms with Gasteiger partial charge in [-0.25, -0.2) is 9.37 Å². The fourth-order valence-electron chi connectivity index (χ4n) is 5.00. The second kappa shape index (κ2) is 7.89. The largest absolute Gasteiger partial charge is 0.359 e. The van der Waals surface area contributed by atoms with E-state index >= 15 is 0 Å². The van der Waals surface area contributed by atoms with Gasteiger partial charge in [0.2, 0.25) is 5.91 Å². The van der Waals surface area contributed by atoms with Gasteiger partial charge in [-0.15, -0.1) is 0 Å². The van der Waals surface area contributed by atoms with Gasteiger partial charge in [-0.05, 0) is 56.4 Å². The van der Waals surface area contributed by atoms with Crippen molar-refractivity contribution in [3.8, 4) is 6.07 Å². The van der Waals surface area contributed by atoms with Gasteiger partial charge >= 0.3 is 0 Å². The highest BCUT2D eigenvalue weighted by molar-refractivity contribution is 5.78. The number of nitriles is 1. The van der Waals surface area contributed by atoms with Crippen molar-refractivity contribution >= 4 is 11.7 Å². The number of carbonyl (C=O) groups excluding carboxylic acids is 1. The topological polar surface area (TPSA) is 82.4 Å². The van der Waals surface area contributed by atoms with E-state index in [0.29, 0.717) is 24.3 Å². The van der Waals surface area contributed by atoms with Crippen molar-refractivity contribution < 1.29 is 13.9 Å². The van der Waals surface area contributed by atoms with E-state index in [9.17, 15) is 9.18 Å². The molecule has 1 saturated carbocycles. The summed E-state index contributed by atoms with van der Waals surface area (Å²) in [4.78, 5) is 25.9. The average Bonchev–Trinajstić information content (AvgIpc) is 3.02. The zero-order chi connectivity index (χ0) is 21.4. The van der Waals surface area contributed by atoms with Crippen molar-refractivity contribution in [3.05, 3.63) is 53.7 Å². The Morgan fingerprint density at radius 1 is 1.23 bits per heavy atom. The van der Waals surface area contributed by atoms with Crippen LogP contribution in [0.2, 0.25) is 0 Å². The fraction of sp³-hybridized carbons (Fsp3) is 0.478. The van der Waals surface area contributed by atoms with Crippen LogP contribution >= 0.6 is 0 Å². The van der Waals surface area contributed by atoms with Crippen LogP contribution < -0.4 is 4.90 Å². The molecule has 3 aliphatic rings. The number of likely N-dealkylation sites (tertiary alicyclic amines) is 1. The van der Waals surface area contributed by atoms with Crippen molar-refractivity contribution in [2.45, 2.75) is 49.8 Å². The third kappa shape index (κ3) is 3.63. The molecule has 2 aromatic rings. The number of pyridine rings is 2. The van der Waals surface area contributed by atoms with Crippen molar-refractivity contribution in [3.63, 3.8) is 0 Å². The minimum Gasteiger partial charge on any atom is -0.359 e. The highest BCUT2D eigenvalue weighted by atomic mass is 19.1. The summed E-state index contributed by atoms with van der Waals surface area (Å²) in [5.74, 6) is 0.489. The van der Waals surface area contributed by atoms with Crippen LogP contribution in [0.15, 0.2) is 36.7 Å². The quantitative estimate of drug-likeness (QED) is 0.738. The number of nitrogens with zero attached hydrogens (tertiary/aromatic N) is 5. The van der Waals surface area contributed by atoms with Crippen molar-refractivity contribution in [1.29, 1.82) is 5.26 Å². The molecule has 2 saturated heterocycles. The number of rotatable bonds is 5. The minimum absolute atomic E-state index is 0.0211. The predicted octanol–water partition coefficient (Wildman–Crippen LogP) is 2.76. The zero-order valence-corrected chi connectivity index (χ0v) is 17.2. The normalized spacial score (nSPS) is 23.9. The molecule has 1 unspecified atom stereocenters. The number of anilines is 1. The number of carbonyl (C=O) groups is 1. The van der Waals surface area contributed by atoms with Gasteiger partial charge in [0.05, 0.1) is 11.3 Å². The highest BCUT2D eigenvalue weighted by Gasteiger charge is 2.44. The summed E-state index contributed by atoms with van der Waals surface area (Å²) in [5, 5.41) is 8.98. The van der Waals surface area contributed by atoms with Crippen LogP contribution in [0.3, 0.4) is 0 Å². The van der Waals surface area contributed by atoms with E-state index in [1.54, 1.807) is 12.3 Å². The van der Waals surface area contributed by atoms with E-state index in [4.69, 9.17) is 10.00 Å². The van der Waals surface area contributed by atoms with Gasteiger partial charge in [-0.3, -0.25) is 9.78 Å². The third-order valence-electron chi connectivity index (χ3n) is 6.80. The molecule has 0 N–H and O–H groups in total. The molecule has 0 spiro atoms. The molecule has 5 rings (SSSR count). The molecule has 2 aromatic heterocycles. The Labute approximate surface area is 180 Å². The van der Waals surface area contributed by atoms with Crippen molar-refractivity contribution in [2.24, 2.45) is 0 Å². The molecule has 1 amide bonds. The van der Waals surface area contributed by atoms with E-state index in [-0.39, 0.29) is 30.4 Å². The lowest BCUT2D eigenvalue weighted by atomic mass is 9.77. The van der Waals surface area contributed by atoms with Crippen LogP contribution in [0, 0.1) is 17.1 Å². The summed E-state index contributed by atoms with van der Waals surface area (Å²) in [6.07, 6.45) is 7.54. The first-order valence-corrected chi connectivity index (χ1v) is 10.8. The number of hydrogen-bond acceptors (Lipinski definition) is 6. The van der Waals surface area contributed by atoms with Crippen molar-refractivity contribution in [1.82, 2.24) is 14.9 Å². The van der Waals surface area contributed by atoms with E-state index in [1.165, 1.54) is 18.3 Å². The monoisotopic (exact) mass is 421 g/mol. The fourth-order valence-corrected chi connectivity index (χ4v) is 5.00. The van der Waals surface area contributed by atoms with Gasteiger partial charge in [0.25, 0.3) is 0 Å². The lowest BCUT2D eigenvalue weighted by molar-refractivity contribution is -0.155. The molecular weight excluding hydrogens is 397 g/mol. The summed E-state index contributed by atoms with van der Waals surface area (Å²) in [5.41, 5.74) is 0.466. The Morgan fingerprint density at radius 2 is 2.00 bits per heavy atom. The Kier molecular flexibility index (Phi) is 5.06. The standard InChI is InChI=1S/C23H24FN5O2/c24-17-6-9-26-20(10-17)23(7-1-8-23)31-15-22(30)28-13-18-3-4-19(14-28)29(18)21-5-2-16(11-25)12-27-21/h2,5-6,9-10,12,18-19H,1,3-4,7-8,13-15H2/t18-,19?/m0/s1. The summed E-state index contributed by atoms with van der Waals surface area (Å²) < 4.78 is 19.7. The minimum atomic E-state index is -0.648. The van der Waals surface area contributed by atoms with Gasteiger partial charge in [0.1, 0.15) is 29.9 Å². The molecular formula is C23H24FN5O2. The molecule has 2 aliphatic heterocycles. The van der Waals surface area contributed by atoms with E-state index in [2.05, 4.69) is 20.9 Å². The predicted molar refractivity (Wildman–Crippen MR) is 110 cm³/mol. The number of piperazine rings is 1. The molecule has 160 valence electrons. The lowest BCUT2D eigenvalue weighted by Gasteiger charge is -2.43. The maximum absolute atomic E-state index is 13.7. The summed E-state index contributed by atoms with van der Waals surface area (Å²) in [6.45, 7) is 1.24. The van der Waals surface area contributed by atoms with Gasteiger partial charge in [-0.2, -0.15) is 5.26 Å².